The lowest BCUT2D eigenvalue weighted by atomic mass is 9.96. The molecule has 0 aromatic heterocycles. The quantitative estimate of drug-likeness (QED) is 0.710. The lowest BCUT2D eigenvalue weighted by Gasteiger charge is -2.27. The summed E-state index contributed by atoms with van der Waals surface area (Å²) in [5, 5.41) is 10.3. The fourth-order valence-corrected chi connectivity index (χ4v) is 1.89. The van der Waals surface area contributed by atoms with E-state index in [0.29, 0.717) is 19.1 Å². The van der Waals surface area contributed by atoms with Crippen LogP contribution < -0.4 is 0 Å². The van der Waals surface area contributed by atoms with E-state index in [0.717, 1.165) is 25.0 Å². The van der Waals surface area contributed by atoms with E-state index in [1.807, 2.05) is 6.08 Å². The zero-order valence-corrected chi connectivity index (χ0v) is 7.95. The van der Waals surface area contributed by atoms with Crippen molar-refractivity contribution in [1.82, 2.24) is 0 Å². The van der Waals surface area contributed by atoms with E-state index in [2.05, 4.69) is 0 Å². The number of hydrogen-bond donors (Lipinski definition) is 1. The second kappa shape index (κ2) is 3.31. The molecule has 1 aliphatic carbocycles. The van der Waals surface area contributed by atoms with Crippen LogP contribution in [0.4, 0.5) is 0 Å². The molecule has 2 rings (SSSR count). The van der Waals surface area contributed by atoms with Crippen molar-refractivity contribution in [3.05, 3.63) is 11.8 Å². The first-order valence-corrected chi connectivity index (χ1v) is 4.82. The van der Waals surface area contributed by atoms with Gasteiger partial charge in [0.2, 0.25) is 0 Å². The lowest BCUT2D eigenvalue weighted by molar-refractivity contribution is -0.0533. The zero-order chi connectivity index (χ0) is 9.31. The Hall–Kier alpha value is -0.540. The maximum atomic E-state index is 10.3. The molecule has 3 nitrogen and oxygen atoms in total. The van der Waals surface area contributed by atoms with Crippen molar-refractivity contribution in [3.63, 3.8) is 0 Å². The zero-order valence-electron chi connectivity index (χ0n) is 7.95. The van der Waals surface area contributed by atoms with Crippen LogP contribution in [0.5, 0.6) is 0 Å². The van der Waals surface area contributed by atoms with Gasteiger partial charge in [0.1, 0.15) is 11.4 Å². The van der Waals surface area contributed by atoms with Crippen molar-refractivity contribution in [2.24, 2.45) is 5.92 Å². The molecule has 3 heteroatoms. The third-order valence-electron chi connectivity index (χ3n) is 2.75. The summed E-state index contributed by atoms with van der Waals surface area (Å²) in [6, 6.07) is 0. The first-order valence-electron chi connectivity index (χ1n) is 4.82. The fourth-order valence-electron chi connectivity index (χ4n) is 1.89. The molecule has 13 heavy (non-hydrogen) atoms. The summed E-state index contributed by atoms with van der Waals surface area (Å²) in [4.78, 5) is 0. The van der Waals surface area contributed by atoms with Crippen molar-refractivity contribution < 1.29 is 14.6 Å². The van der Waals surface area contributed by atoms with Gasteiger partial charge in [0.05, 0.1) is 13.2 Å². The van der Waals surface area contributed by atoms with Crippen LogP contribution in [0.2, 0.25) is 0 Å². The Morgan fingerprint density at radius 3 is 2.92 bits per heavy atom. The van der Waals surface area contributed by atoms with Gasteiger partial charge >= 0.3 is 0 Å². The molecule has 0 amide bonds. The Labute approximate surface area is 78.3 Å². The second-order valence-electron chi connectivity index (χ2n) is 3.84. The minimum atomic E-state index is -0.842. The Morgan fingerprint density at radius 2 is 2.46 bits per heavy atom. The Balaban J connectivity index is 2.11. The molecule has 0 saturated heterocycles. The number of rotatable bonds is 4. The van der Waals surface area contributed by atoms with Crippen LogP contribution in [0.15, 0.2) is 11.8 Å². The van der Waals surface area contributed by atoms with Crippen LogP contribution in [0, 0.1) is 5.92 Å². The van der Waals surface area contributed by atoms with Gasteiger partial charge < -0.3 is 14.6 Å². The molecular formula is C10H16O3. The van der Waals surface area contributed by atoms with Gasteiger partial charge in [-0.1, -0.05) is 0 Å². The van der Waals surface area contributed by atoms with E-state index in [-0.39, 0.29) is 0 Å². The van der Waals surface area contributed by atoms with Crippen LogP contribution in [0.25, 0.3) is 0 Å². The summed E-state index contributed by atoms with van der Waals surface area (Å²) in [5.74, 6) is 1.08. The maximum absolute atomic E-state index is 10.3. The highest BCUT2D eigenvalue weighted by Gasteiger charge is 2.48. The van der Waals surface area contributed by atoms with Crippen LogP contribution in [-0.2, 0) is 9.47 Å². The highest BCUT2D eigenvalue weighted by Crippen LogP contribution is 2.45. The molecule has 74 valence electrons. The molecule has 1 saturated carbocycles. The van der Waals surface area contributed by atoms with E-state index in [1.54, 1.807) is 7.11 Å². The highest BCUT2D eigenvalue weighted by molar-refractivity contribution is 5.18. The number of aliphatic hydroxyl groups is 1. The molecule has 0 aromatic carbocycles. The van der Waals surface area contributed by atoms with Gasteiger partial charge in [-0.05, 0) is 24.8 Å². The van der Waals surface area contributed by atoms with Gasteiger partial charge in [-0.25, -0.2) is 0 Å². The van der Waals surface area contributed by atoms with Crippen LogP contribution >= 0.6 is 0 Å². The largest absolute Gasteiger partial charge is 0.495 e. The summed E-state index contributed by atoms with van der Waals surface area (Å²) < 4.78 is 10.5. The summed E-state index contributed by atoms with van der Waals surface area (Å²) in [5.41, 5.74) is -0.842. The topological polar surface area (TPSA) is 38.7 Å². The van der Waals surface area contributed by atoms with E-state index in [4.69, 9.17) is 9.47 Å². The normalized spacial score (nSPS) is 26.5. The minimum Gasteiger partial charge on any atom is -0.495 e. The Kier molecular flexibility index (Phi) is 2.30. The van der Waals surface area contributed by atoms with Crippen molar-refractivity contribution in [2.75, 3.05) is 20.3 Å². The SMILES string of the molecule is COCC(O)(C1=CCCO1)C1CC1. The van der Waals surface area contributed by atoms with Gasteiger partial charge in [0.25, 0.3) is 0 Å². The molecule has 1 N–H and O–H groups in total. The first-order chi connectivity index (χ1) is 6.27. The van der Waals surface area contributed by atoms with Crippen molar-refractivity contribution >= 4 is 0 Å². The third-order valence-corrected chi connectivity index (χ3v) is 2.75. The molecule has 1 aliphatic heterocycles. The predicted molar refractivity (Wildman–Crippen MR) is 48.2 cm³/mol. The number of hydrogen-bond acceptors (Lipinski definition) is 3. The molecule has 0 aromatic rings. The lowest BCUT2D eigenvalue weighted by Crippen LogP contribution is -2.39. The van der Waals surface area contributed by atoms with Crippen LogP contribution in [0.3, 0.4) is 0 Å². The van der Waals surface area contributed by atoms with Gasteiger partial charge in [-0.3, -0.25) is 0 Å². The standard InChI is InChI=1S/C10H16O3/c1-12-7-10(11,8-4-5-8)9-3-2-6-13-9/h3,8,11H,2,4-7H2,1H3. The van der Waals surface area contributed by atoms with Crippen molar-refractivity contribution in [2.45, 2.75) is 24.9 Å². The van der Waals surface area contributed by atoms with Crippen molar-refractivity contribution in [3.8, 4) is 0 Å². The molecule has 1 fully saturated rings. The predicted octanol–water partition coefficient (Wildman–Crippen LogP) is 1.08. The molecule has 1 atom stereocenters. The number of methoxy groups -OCH3 is 1. The summed E-state index contributed by atoms with van der Waals surface area (Å²) in [7, 11) is 1.61. The fraction of sp³-hybridized carbons (Fsp3) is 0.800. The molecule has 1 unspecified atom stereocenters. The van der Waals surface area contributed by atoms with Gasteiger partial charge in [0, 0.05) is 13.5 Å². The van der Waals surface area contributed by atoms with Crippen LogP contribution in [-0.4, -0.2) is 31.0 Å². The molecule has 2 aliphatic rings. The van der Waals surface area contributed by atoms with E-state index < -0.39 is 5.60 Å². The summed E-state index contributed by atoms with van der Waals surface area (Å²) >= 11 is 0. The van der Waals surface area contributed by atoms with Gasteiger partial charge in [-0.15, -0.1) is 0 Å². The van der Waals surface area contributed by atoms with Crippen molar-refractivity contribution in [1.29, 1.82) is 0 Å². The second-order valence-corrected chi connectivity index (χ2v) is 3.84. The van der Waals surface area contributed by atoms with Gasteiger partial charge in [-0.2, -0.15) is 0 Å². The molecule has 0 bridgehead atoms. The molecule has 1 heterocycles. The van der Waals surface area contributed by atoms with Crippen LogP contribution in [0.1, 0.15) is 19.3 Å². The summed E-state index contributed by atoms with van der Waals surface area (Å²) in [6.45, 7) is 1.05. The Bertz CT molecular complexity index is 220. The van der Waals surface area contributed by atoms with E-state index >= 15 is 0 Å². The van der Waals surface area contributed by atoms with Gasteiger partial charge in [0.15, 0.2) is 0 Å². The average Bonchev–Trinajstić information content (AvgIpc) is 2.82. The van der Waals surface area contributed by atoms with E-state index in [1.165, 1.54) is 0 Å². The summed E-state index contributed by atoms with van der Waals surface area (Å²) in [6.07, 6.45) is 5.06. The molecular weight excluding hydrogens is 168 g/mol. The monoisotopic (exact) mass is 184 g/mol. The maximum Gasteiger partial charge on any atom is 0.147 e. The van der Waals surface area contributed by atoms with E-state index in [9.17, 15) is 5.11 Å². The first kappa shape index (κ1) is 9.03. The highest BCUT2D eigenvalue weighted by atomic mass is 16.5. The third kappa shape index (κ3) is 1.58. The molecule has 0 spiro atoms. The smallest absolute Gasteiger partial charge is 0.147 e. The average molecular weight is 184 g/mol. The minimum absolute atomic E-state index is 0.344. The molecule has 0 radical (unpaired) electrons. The Morgan fingerprint density at radius 1 is 1.69 bits per heavy atom. The number of ether oxygens (including phenoxy) is 2.